The Balaban J connectivity index is 1.33. The molecule has 0 spiro atoms. The van der Waals surface area contributed by atoms with Gasteiger partial charge in [-0.2, -0.15) is 5.26 Å². The number of amides is 1. The molecule has 10 nitrogen and oxygen atoms in total. The van der Waals surface area contributed by atoms with Crippen molar-refractivity contribution in [1.82, 2.24) is 24.7 Å². The smallest absolute Gasteiger partial charge is 0.230 e. The highest BCUT2D eigenvalue weighted by Gasteiger charge is 2.34. The summed E-state index contributed by atoms with van der Waals surface area (Å²) < 4.78 is 6.77. The molecule has 0 radical (unpaired) electrons. The van der Waals surface area contributed by atoms with Crippen LogP contribution in [0.5, 0.6) is 0 Å². The Bertz CT molecular complexity index is 1570. The van der Waals surface area contributed by atoms with E-state index in [0.717, 1.165) is 34.1 Å². The summed E-state index contributed by atoms with van der Waals surface area (Å²) in [5.74, 6) is 0.913. The molecule has 10 heteroatoms. The zero-order valence-electron chi connectivity index (χ0n) is 21.8. The third kappa shape index (κ3) is 4.09. The van der Waals surface area contributed by atoms with E-state index in [1.807, 2.05) is 30.0 Å². The number of nitrogens with one attached hydrogen (secondary N) is 1. The van der Waals surface area contributed by atoms with Gasteiger partial charge in [0.15, 0.2) is 11.5 Å². The minimum Gasteiger partial charge on any atom is -0.380 e. The molecule has 1 N–H and O–H groups in total. The van der Waals surface area contributed by atoms with E-state index < -0.39 is 0 Å². The molecule has 2 saturated heterocycles. The van der Waals surface area contributed by atoms with E-state index in [1.54, 1.807) is 4.63 Å². The van der Waals surface area contributed by atoms with E-state index in [0.29, 0.717) is 43.3 Å². The first-order valence-electron chi connectivity index (χ1n) is 13.0. The number of anilines is 2. The third-order valence-electron chi connectivity index (χ3n) is 7.80. The summed E-state index contributed by atoms with van der Waals surface area (Å²) in [6.45, 7) is 9.41. The van der Waals surface area contributed by atoms with Crippen molar-refractivity contribution in [3.8, 4) is 6.07 Å². The van der Waals surface area contributed by atoms with Crippen LogP contribution in [-0.4, -0.2) is 69.5 Å². The summed E-state index contributed by atoms with van der Waals surface area (Å²) in [6.07, 6.45) is 1.51. The maximum atomic E-state index is 12.7. The zero-order chi connectivity index (χ0) is 26.4. The second-order valence-corrected chi connectivity index (χ2v) is 10.2. The molecule has 38 heavy (non-hydrogen) atoms. The van der Waals surface area contributed by atoms with E-state index in [-0.39, 0.29) is 23.9 Å². The van der Waals surface area contributed by atoms with Crippen LogP contribution in [0.1, 0.15) is 36.6 Å². The first kappa shape index (κ1) is 24.1. The van der Waals surface area contributed by atoms with Crippen molar-refractivity contribution < 1.29 is 9.53 Å². The highest BCUT2D eigenvalue weighted by molar-refractivity contribution is 6.01. The molecule has 2 aromatic heterocycles. The van der Waals surface area contributed by atoms with Crippen molar-refractivity contribution in [2.24, 2.45) is 5.92 Å². The predicted molar refractivity (Wildman–Crippen MR) is 144 cm³/mol. The van der Waals surface area contributed by atoms with Gasteiger partial charge in [-0.1, -0.05) is 12.1 Å². The van der Waals surface area contributed by atoms with Gasteiger partial charge < -0.3 is 19.9 Å². The Kier molecular flexibility index (Phi) is 6.08. The number of fused-ring (bicyclic) bond motifs is 3. The van der Waals surface area contributed by atoms with E-state index in [4.69, 9.17) is 9.84 Å². The molecule has 0 aliphatic carbocycles. The maximum Gasteiger partial charge on any atom is 0.230 e. The summed E-state index contributed by atoms with van der Waals surface area (Å²) in [5, 5.41) is 24.0. The molecule has 2 aliphatic heterocycles. The largest absolute Gasteiger partial charge is 0.380 e. The standard InChI is InChI=1S/C28H30N8O2/c1-17-13-34(28(37)21-14-38-15-21)9-10-35(17)22-7-8-24-25(11-22)26(33-36-27(24)30-16-31-36)32-19(3)23-6-4-5-20(12-29)18(23)2/h4-8,11,16-17,19,21H,9-10,13-15H2,1-3H3,(H,32,33). The quantitative estimate of drug-likeness (QED) is 0.435. The van der Waals surface area contributed by atoms with Crippen LogP contribution in [-0.2, 0) is 9.53 Å². The lowest BCUT2D eigenvalue weighted by atomic mass is 9.98. The number of hydrogen-bond donors (Lipinski definition) is 1. The highest BCUT2D eigenvalue weighted by atomic mass is 16.5. The summed E-state index contributed by atoms with van der Waals surface area (Å²) in [6, 6.07) is 14.5. The lowest BCUT2D eigenvalue weighted by Crippen LogP contribution is -2.56. The molecule has 4 aromatic rings. The van der Waals surface area contributed by atoms with Gasteiger partial charge in [-0.05, 0) is 56.2 Å². The number of benzene rings is 2. The van der Waals surface area contributed by atoms with Gasteiger partial charge in [-0.3, -0.25) is 4.79 Å². The topological polar surface area (TPSA) is 112 Å². The van der Waals surface area contributed by atoms with Crippen molar-refractivity contribution in [2.45, 2.75) is 32.9 Å². The van der Waals surface area contributed by atoms with Crippen molar-refractivity contribution >= 4 is 33.8 Å². The summed E-state index contributed by atoms with van der Waals surface area (Å²) >= 11 is 0. The van der Waals surface area contributed by atoms with Crippen molar-refractivity contribution in [3.63, 3.8) is 0 Å². The third-order valence-corrected chi connectivity index (χ3v) is 7.80. The average molecular weight is 511 g/mol. The minimum atomic E-state index is -0.0902. The molecule has 2 unspecified atom stereocenters. The van der Waals surface area contributed by atoms with Crippen molar-refractivity contribution in [1.29, 1.82) is 5.26 Å². The van der Waals surface area contributed by atoms with Gasteiger partial charge in [0.25, 0.3) is 0 Å². The number of hydrogen-bond acceptors (Lipinski definition) is 8. The van der Waals surface area contributed by atoms with Crippen molar-refractivity contribution in [3.05, 3.63) is 59.4 Å². The van der Waals surface area contributed by atoms with Crippen LogP contribution in [0.4, 0.5) is 11.5 Å². The number of aromatic nitrogens is 4. The lowest BCUT2D eigenvalue weighted by Gasteiger charge is -2.43. The van der Waals surface area contributed by atoms with Gasteiger partial charge in [-0.15, -0.1) is 14.8 Å². The highest BCUT2D eigenvalue weighted by Crippen LogP contribution is 2.33. The van der Waals surface area contributed by atoms with Crippen molar-refractivity contribution in [2.75, 3.05) is 43.1 Å². The van der Waals surface area contributed by atoms with Gasteiger partial charge in [-0.25, -0.2) is 4.98 Å². The van der Waals surface area contributed by atoms with Crippen LogP contribution >= 0.6 is 0 Å². The fourth-order valence-electron chi connectivity index (χ4n) is 5.55. The SMILES string of the molecule is Cc1c(C#N)cccc1C(C)Nc1nn2ncnc2c2ccc(N3CCN(C(=O)C4COC4)CC3C)cc12. The number of piperazine rings is 1. The molecule has 2 atom stereocenters. The number of carbonyl (C=O) groups is 1. The second-order valence-electron chi connectivity index (χ2n) is 10.2. The fraction of sp³-hybridized carbons (Fsp3) is 0.393. The second kappa shape index (κ2) is 9.58. The van der Waals surface area contributed by atoms with E-state index in [2.05, 4.69) is 58.4 Å². The zero-order valence-corrected chi connectivity index (χ0v) is 21.8. The molecule has 2 aliphatic rings. The molecule has 0 saturated carbocycles. The monoisotopic (exact) mass is 510 g/mol. The molecule has 194 valence electrons. The first-order valence-corrected chi connectivity index (χ1v) is 13.0. The predicted octanol–water partition coefficient (Wildman–Crippen LogP) is 3.31. The molecule has 1 amide bonds. The Morgan fingerprint density at radius 2 is 2.05 bits per heavy atom. The van der Waals surface area contributed by atoms with Gasteiger partial charge in [0.05, 0.1) is 36.8 Å². The van der Waals surface area contributed by atoms with E-state index in [9.17, 15) is 10.1 Å². The van der Waals surface area contributed by atoms with E-state index in [1.165, 1.54) is 6.33 Å². The first-order chi connectivity index (χ1) is 18.4. The molecule has 0 bridgehead atoms. The summed E-state index contributed by atoms with van der Waals surface area (Å²) in [7, 11) is 0. The Hall–Kier alpha value is -4.23. The Labute approximate surface area is 220 Å². The molecule has 6 rings (SSSR count). The van der Waals surface area contributed by atoms with Crippen LogP contribution in [0.3, 0.4) is 0 Å². The summed E-state index contributed by atoms with van der Waals surface area (Å²) in [5.41, 5.74) is 4.43. The minimum absolute atomic E-state index is 0.0131. The molecular formula is C28H30N8O2. The number of nitriles is 1. The van der Waals surface area contributed by atoms with Crippen LogP contribution in [0, 0.1) is 24.2 Å². The molecule has 2 aromatic carbocycles. The number of carbonyl (C=O) groups excluding carboxylic acids is 1. The normalized spacial score (nSPS) is 18.8. The summed E-state index contributed by atoms with van der Waals surface area (Å²) in [4.78, 5) is 21.5. The number of rotatable bonds is 5. The van der Waals surface area contributed by atoms with Gasteiger partial charge in [0, 0.05) is 42.1 Å². The van der Waals surface area contributed by atoms with Crippen LogP contribution in [0.25, 0.3) is 16.4 Å². The molecular weight excluding hydrogens is 480 g/mol. The molecule has 2 fully saturated rings. The molecule has 4 heterocycles. The van der Waals surface area contributed by atoms with Crippen LogP contribution < -0.4 is 10.2 Å². The van der Waals surface area contributed by atoms with Crippen LogP contribution in [0.15, 0.2) is 42.7 Å². The van der Waals surface area contributed by atoms with Crippen LogP contribution in [0.2, 0.25) is 0 Å². The number of nitrogens with zero attached hydrogens (tertiary/aromatic N) is 7. The lowest BCUT2D eigenvalue weighted by molar-refractivity contribution is -0.150. The fourth-order valence-corrected chi connectivity index (χ4v) is 5.55. The number of ether oxygens (including phenoxy) is 1. The Morgan fingerprint density at radius 3 is 2.79 bits per heavy atom. The van der Waals surface area contributed by atoms with E-state index >= 15 is 0 Å². The van der Waals surface area contributed by atoms with Gasteiger partial charge in [0.2, 0.25) is 5.91 Å². The maximum absolute atomic E-state index is 12.7. The Morgan fingerprint density at radius 1 is 1.21 bits per heavy atom. The van der Waals surface area contributed by atoms with Gasteiger partial charge >= 0.3 is 0 Å². The van der Waals surface area contributed by atoms with Gasteiger partial charge in [0.1, 0.15) is 6.33 Å². The average Bonchev–Trinajstić information content (AvgIpc) is 3.36.